The summed E-state index contributed by atoms with van der Waals surface area (Å²) >= 11 is 1.74. The Morgan fingerprint density at radius 1 is 1.45 bits per heavy atom. The molecule has 112 valence electrons. The van der Waals surface area contributed by atoms with Crippen molar-refractivity contribution in [3.05, 3.63) is 17.0 Å². The van der Waals surface area contributed by atoms with Gasteiger partial charge in [-0.05, 0) is 13.8 Å². The predicted octanol–water partition coefficient (Wildman–Crippen LogP) is 1.46. The fourth-order valence-electron chi connectivity index (χ4n) is 2.47. The van der Waals surface area contributed by atoms with Crippen molar-refractivity contribution < 1.29 is 18.3 Å². The molecule has 1 aliphatic heterocycles. The molecule has 1 aliphatic rings. The number of hydrogen-bond donors (Lipinski definition) is 2. The molecular formula is C12H18N2O4S2. The number of nitrogens with one attached hydrogen (secondary N) is 1. The Bertz CT molecular complexity index is 636. The van der Waals surface area contributed by atoms with E-state index in [0.717, 1.165) is 5.75 Å². The summed E-state index contributed by atoms with van der Waals surface area (Å²) in [5.74, 6) is -0.385. The van der Waals surface area contributed by atoms with Crippen LogP contribution in [0.15, 0.2) is 4.90 Å². The minimum absolute atomic E-state index is 0.0551. The minimum atomic E-state index is -3.64. The van der Waals surface area contributed by atoms with Gasteiger partial charge in [0.15, 0.2) is 0 Å². The fourth-order valence-corrected chi connectivity index (χ4v) is 5.63. The SMILES string of the molecule is Cc1[nH]c(C(=O)O)c(C)c1S(=O)(=O)N1CCSC(C)C1. The maximum Gasteiger partial charge on any atom is 0.352 e. The van der Waals surface area contributed by atoms with Gasteiger partial charge in [0.25, 0.3) is 0 Å². The molecule has 1 aromatic rings. The summed E-state index contributed by atoms with van der Waals surface area (Å²) in [5.41, 5.74) is 0.604. The Labute approximate surface area is 122 Å². The first kappa shape index (κ1) is 15.4. The number of rotatable bonds is 3. The lowest BCUT2D eigenvalue weighted by Crippen LogP contribution is -2.41. The highest BCUT2D eigenvalue weighted by Gasteiger charge is 2.33. The third-order valence-corrected chi connectivity index (χ3v) is 6.66. The van der Waals surface area contributed by atoms with E-state index < -0.39 is 16.0 Å². The third kappa shape index (κ3) is 2.59. The van der Waals surface area contributed by atoms with Crippen LogP contribution < -0.4 is 0 Å². The number of nitrogens with zero attached hydrogens (tertiary/aromatic N) is 1. The van der Waals surface area contributed by atoms with Crippen molar-refractivity contribution in [2.75, 3.05) is 18.8 Å². The number of H-pyrrole nitrogens is 1. The molecule has 0 amide bonds. The van der Waals surface area contributed by atoms with Crippen LogP contribution in [0.3, 0.4) is 0 Å². The molecule has 1 atom stereocenters. The molecule has 0 bridgehead atoms. The highest BCUT2D eigenvalue weighted by atomic mass is 32.2. The van der Waals surface area contributed by atoms with E-state index in [1.807, 2.05) is 6.92 Å². The van der Waals surface area contributed by atoms with Crippen LogP contribution in [0.2, 0.25) is 0 Å². The summed E-state index contributed by atoms with van der Waals surface area (Å²) in [6, 6.07) is 0. The van der Waals surface area contributed by atoms with Crippen molar-refractivity contribution in [1.82, 2.24) is 9.29 Å². The van der Waals surface area contributed by atoms with Gasteiger partial charge in [-0.25, -0.2) is 13.2 Å². The molecule has 1 aromatic heterocycles. The van der Waals surface area contributed by atoms with Crippen molar-refractivity contribution in [1.29, 1.82) is 0 Å². The number of aromatic amines is 1. The van der Waals surface area contributed by atoms with Gasteiger partial charge in [0.1, 0.15) is 10.6 Å². The monoisotopic (exact) mass is 318 g/mol. The van der Waals surface area contributed by atoms with Crippen LogP contribution in [0.25, 0.3) is 0 Å². The fraction of sp³-hybridized carbons (Fsp3) is 0.583. The lowest BCUT2D eigenvalue weighted by atomic mass is 10.2. The van der Waals surface area contributed by atoms with E-state index in [-0.39, 0.29) is 21.4 Å². The number of sulfonamides is 1. The van der Waals surface area contributed by atoms with Crippen LogP contribution in [0.5, 0.6) is 0 Å². The molecule has 1 unspecified atom stereocenters. The first-order valence-electron chi connectivity index (χ1n) is 6.29. The Morgan fingerprint density at radius 3 is 2.60 bits per heavy atom. The quantitative estimate of drug-likeness (QED) is 0.880. The van der Waals surface area contributed by atoms with Gasteiger partial charge < -0.3 is 10.1 Å². The third-order valence-electron chi connectivity index (χ3n) is 3.38. The van der Waals surface area contributed by atoms with Crippen LogP contribution in [-0.4, -0.2) is 52.9 Å². The number of aryl methyl sites for hydroxylation is 1. The van der Waals surface area contributed by atoms with Gasteiger partial charge in [-0.2, -0.15) is 16.1 Å². The number of carboxylic acids is 1. The molecule has 0 radical (unpaired) electrons. The van der Waals surface area contributed by atoms with Crippen LogP contribution in [-0.2, 0) is 10.0 Å². The standard InChI is InChI=1S/C12H18N2O4S2/c1-7-6-14(4-5-19-7)20(17,18)11-8(2)10(12(15)16)13-9(11)3/h7,13H,4-6H2,1-3H3,(H,15,16). The zero-order chi connectivity index (χ0) is 15.1. The number of aromatic nitrogens is 1. The molecule has 2 rings (SSSR count). The predicted molar refractivity (Wildman–Crippen MR) is 77.9 cm³/mol. The van der Waals surface area contributed by atoms with Crippen molar-refractivity contribution in [2.24, 2.45) is 0 Å². The molecule has 0 spiro atoms. The maximum absolute atomic E-state index is 12.7. The molecule has 2 heterocycles. The molecule has 1 fully saturated rings. The van der Waals surface area contributed by atoms with Crippen molar-refractivity contribution in [3.63, 3.8) is 0 Å². The van der Waals surface area contributed by atoms with Gasteiger partial charge in [-0.15, -0.1) is 0 Å². The van der Waals surface area contributed by atoms with Crippen LogP contribution in [0, 0.1) is 13.8 Å². The highest BCUT2D eigenvalue weighted by Crippen LogP contribution is 2.29. The van der Waals surface area contributed by atoms with E-state index in [0.29, 0.717) is 18.8 Å². The largest absolute Gasteiger partial charge is 0.477 e. The average Bonchev–Trinajstić information content (AvgIpc) is 2.65. The Hall–Kier alpha value is -0.990. The normalized spacial score (nSPS) is 21.1. The number of aromatic carboxylic acids is 1. The van der Waals surface area contributed by atoms with E-state index in [2.05, 4.69) is 4.98 Å². The van der Waals surface area contributed by atoms with E-state index in [9.17, 15) is 13.2 Å². The second-order valence-electron chi connectivity index (χ2n) is 4.93. The zero-order valence-corrected chi connectivity index (χ0v) is 13.3. The second kappa shape index (κ2) is 5.42. The molecule has 0 saturated carbocycles. The summed E-state index contributed by atoms with van der Waals surface area (Å²) in [5, 5.41) is 9.33. The average molecular weight is 318 g/mol. The van der Waals surface area contributed by atoms with Crippen molar-refractivity contribution in [3.8, 4) is 0 Å². The summed E-state index contributed by atoms with van der Waals surface area (Å²) in [6.07, 6.45) is 0. The molecule has 6 nitrogen and oxygen atoms in total. The smallest absolute Gasteiger partial charge is 0.352 e. The van der Waals surface area contributed by atoms with E-state index in [1.54, 1.807) is 18.7 Å². The van der Waals surface area contributed by atoms with Crippen LogP contribution >= 0.6 is 11.8 Å². The summed E-state index contributed by atoms with van der Waals surface area (Å²) in [6.45, 7) is 6.03. The van der Waals surface area contributed by atoms with Crippen LogP contribution in [0.4, 0.5) is 0 Å². The van der Waals surface area contributed by atoms with Crippen molar-refractivity contribution in [2.45, 2.75) is 30.9 Å². The molecule has 0 aromatic carbocycles. The lowest BCUT2D eigenvalue weighted by Gasteiger charge is -2.29. The van der Waals surface area contributed by atoms with E-state index in [1.165, 1.54) is 11.2 Å². The topological polar surface area (TPSA) is 90.5 Å². The Morgan fingerprint density at radius 2 is 2.10 bits per heavy atom. The number of hydrogen-bond acceptors (Lipinski definition) is 4. The molecule has 8 heteroatoms. The number of thioether (sulfide) groups is 1. The summed E-state index contributed by atoms with van der Waals surface area (Å²) in [4.78, 5) is 13.9. The Balaban J connectivity index is 2.47. The molecule has 1 saturated heterocycles. The molecular weight excluding hydrogens is 300 g/mol. The minimum Gasteiger partial charge on any atom is -0.477 e. The maximum atomic E-state index is 12.7. The van der Waals surface area contributed by atoms with Gasteiger partial charge >= 0.3 is 5.97 Å². The zero-order valence-electron chi connectivity index (χ0n) is 11.6. The molecule has 0 aliphatic carbocycles. The first-order valence-corrected chi connectivity index (χ1v) is 8.78. The van der Waals surface area contributed by atoms with E-state index in [4.69, 9.17) is 5.11 Å². The number of carboxylic acid groups (broad SMARTS) is 1. The lowest BCUT2D eigenvalue weighted by molar-refractivity contribution is 0.0690. The van der Waals surface area contributed by atoms with Gasteiger partial charge in [-0.3, -0.25) is 0 Å². The van der Waals surface area contributed by atoms with E-state index >= 15 is 0 Å². The first-order chi connectivity index (χ1) is 9.25. The second-order valence-corrected chi connectivity index (χ2v) is 8.35. The van der Waals surface area contributed by atoms with Gasteiger partial charge in [-0.1, -0.05) is 6.92 Å². The van der Waals surface area contributed by atoms with Gasteiger partial charge in [0.2, 0.25) is 10.0 Å². The van der Waals surface area contributed by atoms with Crippen molar-refractivity contribution >= 4 is 27.8 Å². The summed E-state index contributed by atoms with van der Waals surface area (Å²) in [7, 11) is -3.64. The highest BCUT2D eigenvalue weighted by molar-refractivity contribution is 8.00. The van der Waals surface area contributed by atoms with Gasteiger partial charge in [0, 0.05) is 35.3 Å². The Kier molecular flexibility index (Phi) is 4.17. The van der Waals surface area contributed by atoms with Gasteiger partial charge in [0.05, 0.1) is 0 Å². The summed E-state index contributed by atoms with van der Waals surface area (Å²) < 4.78 is 26.9. The van der Waals surface area contributed by atoms with Crippen LogP contribution in [0.1, 0.15) is 28.7 Å². The molecule has 2 N–H and O–H groups in total. The number of carbonyl (C=O) groups is 1. The molecule has 20 heavy (non-hydrogen) atoms.